The highest BCUT2D eigenvalue weighted by atomic mass is 33.6. The highest BCUT2D eigenvalue weighted by molar-refractivity contribution is 9.28. The van der Waals surface area contributed by atoms with Crippen molar-refractivity contribution >= 4 is 90.2 Å². The van der Waals surface area contributed by atoms with Crippen molar-refractivity contribution in [1.29, 1.82) is 0 Å². The molecule has 0 bridgehead atoms. The fourth-order valence-electron chi connectivity index (χ4n) is 3.34. The lowest BCUT2D eigenvalue weighted by molar-refractivity contribution is 0.891. The van der Waals surface area contributed by atoms with Gasteiger partial charge in [0.15, 0.2) is 0 Å². The van der Waals surface area contributed by atoms with E-state index in [9.17, 15) is 0 Å². The molecular weight excluding hydrogens is 449 g/mol. The van der Waals surface area contributed by atoms with Gasteiger partial charge in [0.05, 0.1) is 8.47 Å². The fourth-order valence-corrected chi connectivity index (χ4v) is 22.6. The third-order valence-electron chi connectivity index (χ3n) is 4.61. The van der Waals surface area contributed by atoms with Gasteiger partial charge >= 0.3 is 0 Å². The van der Waals surface area contributed by atoms with Gasteiger partial charge in [-0.1, -0.05) is 77.8 Å². The lowest BCUT2D eigenvalue weighted by atomic mass is 10.4. The van der Waals surface area contributed by atoms with Gasteiger partial charge in [-0.2, -0.15) is 25.3 Å². The first-order valence-corrected chi connectivity index (χ1v) is 16.5. The normalized spacial score (nSPS) is 44.6. The molecule has 0 nitrogen and oxygen atoms in total. The molecule has 0 aromatic carbocycles. The van der Waals surface area contributed by atoms with E-state index in [4.69, 9.17) is 25.3 Å². The molecule has 134 valence electrons. The van der Waals surface area contributed by atoms with Crippen LogP contribution in [0.4, 0.5) is 0 Å². The predicted octanol–water partition coefficient (Wildman–Crippen LogP) is 8.09. The Kier molecular flexibility index (Phi) is 6.91. The molecule has 2 saturated carbocycles. The van der Waals surface area contributed by atoms with E-state index in [1.165, 1.54) is 42.8 Å². The summed E-state index contributed by atoms with van der Waals surface area (Å²) in [6.07, 6.45) is 7.93. The van der Waals surface area contributed by atoms with Crippen LogP contribution < -0.4 is 0 Å². The van der Waals surface area contributed by atoms with Crippen LogP contribution in [0, 0.1) is 0 Å². The molecule has 4 unspecified atom stereocenters. The molecule has 0 N–H and O–H groups in total. The maximum absolute atomic E-state index is 4.90. The lowest BCUT2D eigenvalue weighted by Gasteiger charge is -2.39. The Morgan fingerprint density at radius 1 is 0.833 bits per heavy atom. The Bertz CT molecular complexity index is 536. The standard InChI is InChI=1S/C16H22S8/c17-11-3-1-5-13(11)22-24(23-14-6-2-4-12(14)18)10-9-21-16(24)15-19-7-8-20-15/h7-14,17-18H,1-6H2. The zero-order valence-corrected chi connectivity index (χ0v) is 19.9. The zero-order valence-electron chi connectivity index (χ0n) is 13.2. The summed E-state index contributed by atoms with van der Waals surface area (Å²) in [6, 6.07) is 0. The van der Waals surface area contributed by atoms with Crippen molar-refractivity contribution in [2.45, 2.75) is 59.5 Å². The minimum atomic E-state index is -1.00. The van der Waals surface area contributed by atoms with Crippen molar-refractivity contribution < 1.29 is 0 Å². The Morgan fingerprint density at radius 2 is 1.42 bits per heavy atom. The largest absolute Gasteiger partial charge is 0.175 e. The second kappa shape index (κ2) is 8.58. The van der Waals surface area contributed by atoms with Gasteiger partial charge in [-0.3, -0.25) is 0 Å². The summed E-state index contributed by atoms with van der Waals surface area (Å²) in [6.45, 7) is 0. The average Bonchev–Trinajstić information content (AvgIpc) is 3.32. The number of rotatable bonds is 4. The third-order valence-corrected chi connectivity index (χ3v) is 21.2. The van der Waals surface area contributed by atoms with Gasteiger partial charge in [-0.25, -0.2) is 0 Å². The van der Waals surface area contributed by atoms with E-state index in [0.717, 1.165) is 0 Å². The van der Waals surface area contributed by atoms with Crippen molar-refractivity contribution in [3.05, 3.63) is 30.1 Å². The second-order valence-electron chi connectivity index (χ2n) is 6.28. The summed E-state index contributed by atoms with van der Waals surface area (Å²) >= 11 is 15.6. The molecule has 4 atom stereocenters. The van der Waals surface area contributed by atoms with Gasteiger partial charge in [-0.15, -0.1) is 0 Å². The third kappa shape index (κ3) is 4.06. The molecule has 0 aromatic rings. The molecule has 4 aliphatic rings. The maximum atomic E-state index is 4.90. The van der Waals surface area contributed by atoms with Crippen LogP contribution in [-0.2, 0) is 0 Å². The van der Waals surface area contributed by atoms with Crippen molar-refractivity contribution in [3.8, 4) is 0 Å². The van der Waals surface area contributed by atoms with Crippen LogP contribution in [0.1, 0.15) is 38.5 Å². The second-order valence-corrected chi connectivity index (χ2v) is 19.2. The lowest BCUT2D eigenvalue weighted by Crippen LogP contribution is -2.14. The van der Waals surface area contributed by atoms with Crippen molar-refractivity contribution in [3.63, 3.8) is 0 Å². The predicted molar refractivity (Wildman–Crippen MR) is 132 cm³/mol. The van der Waals surface area contributed by atoms with Gasteiger partial charge < -0.3 is 0 Å². The summed E-state index contributed by atoms with van der Waals surface area (Å²) in [5.41, 5.74) is 0. The van der Waals surface area contributed by atoms with Crippen LogP contribution in [0.25, 0.3) is 0 Å². The SMILES string of the molecule is SC1CCCC1SS1(SC2CCCC2S)C=CSC1=C1SC=CS1. The maximum Gasteiger partial charge on any atom is 0.0696 e. The molecule has 2 heterocycles. The summed E-state index contributed by atoms with van der Waals surface area (Å²) in [7, 11) is 3.54. The number of thioether (sulfide) groups is 3. The van der Waals surface area contributed by atoms with E-state index >= 15 is 0 Å². The molecule has 4 rings (SSSR count). The van der Waals surface area contributed by atoms with Gasteiger partial charge in [-0.05, 0) is 47.3 Å². The molecule has 0 radical (unpaired) electrons. The molecule has 8 heteroatoms. The molecule has 2 fully saturated rings. The van der Waals surface area contributed by atoms with E-state index in [0.29, 0.717) is 21.0 Å². The van der Waals surface area contributed by atoms with E-state index in [-0.39, 0.29) is 0 Å². The molecule has 0 aromatic heterocycles. The van der Waals surface area contributed by atoms with Crippen molar-refractivity contribution in [2.75, 3.05) is 0 Å². The monoisotopic (exact) mass is 470 g/mol. The molecule has 0 saturated heterocycles. The van der Waals surface area contributed by atoms with E-state index in [2.05, 4.69) is 43.2 Å². The fraction of sp³-hybridized carbons (Fsp3) is 0.625. The summed E-state index contributed by atoms with van der Waals surface area (Å²) in [5, 5.41) is 12.0. The summed E-state index contributed by atoms with van der Waals surface area (Å²) < 4.78 is 3.15. The van der Waals surface area contributed by atoms with Gasteiger partial charge in [0.25, 0.3) is 0 Å². The first kappa shape index (κ1) is 19.3. The Hall–Kier alpha value is 2.02. The van der Waals surface area contributed by atoms with Crippen LogP contribution in [0.5, 0.6) is 0 Å². The smallest absolute Gasteiger partial charge is 0.0696 e. The van der Waals surface area contributed by atoms with E-state index in [1.807, 2.05) is 35.3 Å². The average molecular weight is 471 g/mol. The molecule has 2 aliphatic carbocycles. The van der Waals surface area contributed by atoms with Crippen LogP contribution in [0.15, 0.2) is 30.1 Å². The van der Waals surface area contributed by atoms with Gasteiger partial charge in [0.1, 0.15) is 0 Å². The Morgan fingerprint density at radius 3 is 1.92 bits per heavy atom. The zero-order chi connectivity index (χ0) is 16.6. The summed E-state index contributed by atoms with van der Waals surface area (Å²) in [4.78, 5) is 0. The molecule has 0 amide bonds. The molecule has 0 spiro atoms. The number of hydrogen-bond acceptors (Lipinski definition) is 7. The van der Waals surface area contributed by atoms with Crippen LogP contribution in [0.3, 0.4) is 0 Å². The number of thiol groups is 2. The molecular formula is C16H22S8. The van der Waals surface area contributed by atoms with Crippen molar-refractivity contribution in [1.82, 2.24) is 0 Å². The molecule has 24 heavy (non-hydrogen) atoms. The van der Waals surface area contributed by atoms with Gasteiger partial charge in [0, 0.05) is 21.0 Å². The van der Waals surface area contributed by atoms with E-state index < -0.39 is 8.09 Å². The van der Waals surface area contributed by atoms with E-state index in [1.54, 1.807) is 4.24 Å². The minimum Gasteiger partial charge on any atom is -0.175 e. The van der Waals surface area contributed by atoms with Gasteiger partial charge in [0.2, 0.25) is 0 Å². The topological polar surface area (TPSA) is 0 Å². The highest BCUT2D eigenvalue weighted by Gasteiger charge is 2.43. The molecule has 2 aliphatic heterocycles. The Balaban J connectivity index is 1.63. The Labute approximate surface area is 178 Å². The quantitative estimate of drug-likeness (QED) is 0.314. The first-order chi connectivity index (χ1) is 11.7. The first-order valence-electron chi connectivity index (χ1n) is 8.30. The van der Waals surface area contributed by atoms with Crippen LogP contribution in [-0.4, -0.2) is 21.0 Å². The van der Waals surface area contributed by atoms with Crippen LogP contribution in [0.2, 0.25) is 0 Å². The highest BCUT2D eigenvalue weighted by Crippen LogP contribution is 2.85. The minimum absolute atomic E-state index is 0.572. The number of hydrogen-bond donors (Lipinski definition) is 2. The van der Waals surface area contributed by atoms with Crippen LogP contribution >= 0.6 is 90.2 Å². The van der Waals surface area contributed by atoms with Crippen molar-refractivity contribution in [2.24, 2.45) is 0 Å². The summed E-state index contributed by atoms with van der Waals surface area (Å²) in [5.74, 6) is 0.